The lowest BCUT2D eigenvalue weighted by Gasteiger charge is -2.08. The number of amides is 2. The maximum absolute atomic E-state index is 13.5. The van der Waals surface area contributed by atoms with Crippen molar-refractivity contribution < 1.29 is 27.2 Å². The molecule has 0 bridgehead atoms. The van der Waals surface area contributed by atoms with E-state index in [-0.39, 0.29) is 9.90 Å². The van der Waals surface area contributed by atoms with Gasteiger partial charge in [0, 0.05) is 10.1 Å². The highest BCUT2D eigenvalue weighted by Crippen LogP contribution is 2.35. The van der Waals surface area contributed by atoms with Gasteiger partial charge in [-0.3, -0.25) is 9.59 Å². The summed E-state index contributed by atoms with van der Waals surface area (Å²) in [7, 11) is 0. The zero-order chi connectivity index (χ0) is 19.7. The lowest BCUT2D eigenvalue weighted by molar-refractivity contribution is -0.115. The van der Waals surface area contributed by atoms with Crippen molar-refractivity contribution in [2.75, 3.05) is 11.9 Å². The first-order valence-corrected chi connectivity index (χ1v) is 8.56. The highest BCUT2D eigenvalue weighted by molar-refractivity contribution is 7.21. The van der Waals surface area contributed by atoms with Gasteiger partial charge >= 0.3 is 0 Å². The van der Waals surface area contributed by atoms with Gasteiger partial charge in [0.25, 0.3) is 5.91 Å². The summed E-state index contributed by atoms with van der Waals surface area (Å²) in [6.45, 7) is -0.573. The number of rotatable bonds is 4. The van der Waals surface area contributed by atoms with Crippen LogP contribution in [-0.4, -0.2) is 18.4 Å². The van der Waals surface area contributed by atoms with Crippen molar-refractivity contribution in [2.45, 2.75) is 0 Å². The maximum atomic E-state index is 13.5. The summed E-state index contributed by atoms with van der Waals surface area (Å²) >= 11 is 7.04. The SMILES string of the molecule is O=C(CNC(=O)c1sc2cc(F)ccc2c1Cl)Nc1ccc(F)c(F)c1F. The Hall–Kier alpha value is -2.65. The highest BCUT2D eigenvalue weighted by atomic mass is 35.5. The third-order valence-corrected chi connectivity index (χ3v) is 5.17. The third-order valence-electron chi connectivity index (χ3n) is 3.52. The average molecular weight is 417 g/mol. The van der Waals surface area contributed by atoms with Crippen LogP contribution >= 0.6 is 22.9 Å². The van der Waals surface area contributed by atoms with Gasteiger partial charge in [-0.15, -0.1) is 11.3 Å². The van der Waals surface area contributed by atoms with E-state index in [4.69, 9.17) is 11.6 Å². The molecule has 3 aromatic rings. The first-order chi connectivity index (χ1) is 12.8. The van der Waals surface area contributed by atoms with Crippen LogP contribution in [0.5, 0.6) is 0 Å². The van der Waals surface area contributed by atoms with Crippen molar-refractivity contribution in [3.63, 3.8) is 0 Å². The molecular formula is C17H9ClF4N2O2S. The van der Waals surface area contributed by atoms with Gasteiger partial charge in [0.2, 0.25) is 5.91 Å². The summed E-state index contributed by atoms with van der Waals surface area (Å²) in [5, 5.41) is 4.89. The van der Waals surface area contributed by atoms with Gasteiger partial charge in [-0.2, -0.15) is 0 Å². The average Bonchev–Trinajstić information content (AvgIpc) is 2.96. The second kappa shape index (κ2) is 7.53. The molecule has 2 N–H and O–H groups in total. The second-order valence-electron chi connectivity index (χ2n) is 5.34. The van der Waals surface area contributed by atoms with E-state index in [0.29, 0.717) is 16.2 Å². The van der Waals surface area contributed by atoms with Crippen LogP contribution in [0.15, 0.2) is 30.3 Å². The molecule has 27 heavy (non-hydrogen) atoms. The number of hydrogen-bond donors (Lipinski definition) is 2. The van der Waals surface area contributed by atoms with Crippen LogP contribution < -0.4 is 10.6 Å². The number of hydrogen-bond acceptors (Lipinski definition) is 3. The van der Waals surface area contributed by atoms with Gasteiger partial charge in [-0.25, -0.2) is 17.6 Å². The van der Waals surface area contributed by atoms with Crippen molar-refractivity contribution in [1.82, 2.24) is 5.32 Å². The number of nitrogens with one attached hydrogen (secondary N) is 2. The number of halogens is 5. The molecule has 0 spiro atoms. The molecule has 4 nitrogen and oxygen atoms in total. The lowest BCUT2D eigenvalue weighted by atomic mass is 10.2. The Kier molecular flexibility index (Phi) is 5.33. The normalized spacial score (nSPS) is 10.9. The Morgan fingerprint density at radius 3 is 2.52 bits per heavy atom. The van der Waals surface area contributed by atoms with E-state index in [0.717, 1.165) is 17.4 Å². The molecule has 2 amide bonds. The number of carbonyl (C=O) groups excluding carboxylic acids is 2. The fraction of sp³-hybridized carbons (Fsp3) is 0.0588. The lowest BCUT2D eigenvalue weighted by Crippen LogP contribution is -2.32. The van der Waals surface area contributed by atoms with Crippen molar-refractivity contribution in [2.24, 2.45) is 0 Å². The van der Waals surface area contributed by atoms with Gasteiger partial charge in [0.15, 0.2) is 17.5 Å². The molecule has 1 heterocycles. The van der Waals surface area contributed by atoms with Crippen molar-refractivity contribution in [3.8, 4) is 0 Å². The predicted molar refractivity (Wildman–Crippen MR) is 94.1 cm³/mol. The molecular weight excluding hydrogens is 408 g/mol. The van der Waals surface area contributed by atoms with Crippen LogP contribution in [0.3, 0.4) is 0 Å². The van der Waals surface area contributed by atoms with E-state index in [1.54, 1.807) is 0 Å². The van der Waals surface area contributed by atoms with Gasteiger partial charge in [-0.05, 0) is 30.3 Å². The summed E-state index contributed by atoms with van der Waals surface area (Å²) < 4.78 is 53.2. The number of anilines is 1. The summed E-state index contributed by atoms with van der Waals surface area (Å²) in [6, 6.07) is 5.36. The van der Waals surface area contributed by atoms with Gasteiger partial charge in [0.05, 0.1) is 17.3 Å². The summed E-state index contributed by atoms with van der Waals surface area (Å²) in [4.78, 5) is 24.1. The van der Waals surface area contributed by atoms with Gasteiger partial charge in [0.1, 0.15) is 10.7 Å². The minimum absolute atomic E-state index is 0.0732. The monoisotopic (exact) mass is 416 g/mol. The summed E-state index contributed by atoms with van der Waals surface area (Å²) in [5.41, 5.74) is -0.566. The molecule has 0 saturated carbocycles. The van der Waals surface area contributed by atoms with E-state index in [2.05, 4.69) is 5.32 Å². The van der Waals surface area contributed by atoms with Crippen molar-refractivity contribution in [3.05, 3.63) is 63.5 Å². The molecule has 0 fully saturated rings. The molecule has 0 saturated heterocycles. The fourth-order valence-corrected chi connectivity index (χ4v) is 3.70. The van der Waals surface area contributed by atoms with E-state index in [1.165, 1.54) is 18.2 Å². The van der Waals surface area contributed by atoms with Gasteiger partial charge < -0.3 is 10.6 Å². The van der Waals surface area contributed by atoms with Crippen LogP contribution in [0.25, 0.3) is 10.1 Å². The standard InChI is InChI=1S/C17H9ClF4N2O2S/c18-13-8-2-1-7(19)5-11(8)27-16(13)17(26)23-6-12(25)24-10-4-3-9(20)14(21)15(10)22/h1-5H,6H2,(H,23,26)(H,24,25). The topological polar surface area (TPSA) is 58.2 Å². The van der Waals surface area contributed by atoms with E-state index in [9.17, 15) is 27.2 Å². The molecule has 10 heteroatoms. The predicted octanol–water partition coefficient (Wildman–Crippen LogP) is 4.48. The molecule has 0 aliphatic rings. The van der Waals surface area contributed by atoms with Crippen LogP contribution in [-0.2, 0) is 4.79 Å². The van der Waals surface area contributed by atoms with Crippen LogP contribution in [0.4, 0.5) is 23.2 Å². The quantitative estimate of drug-likeness (QED) is 0.486. The van der Waals surface area contributed by atoms with E-state index < -0.39 is 47.3 Å². The minimum atomic E-state index is -1.72. The molecule has 3 rings (SSSR count). The zero-order valence-electron chi connectivity index (χ0n) is 13.2. The maximum Gasteiger partial charge on any atom is 0.263 e. The van der Waals surface area contributed by atoms with E-state index in [1.807, 2.05) is 5.32 Å². The second-order valence-corrected chi connectivity index (χ2v) is 6.77. The third kappa shape index (κ3) is 3.88. The number of thiophene rings is 1. The van der Waals surface area contributed by atoms with Crippen LogP contribution in [0, 0.1) is 23.3 Å². The Balaban J connectivity index is 1.68. The fourth-order valence-electron chi connectivity index (χ4n) is 2.24. The highest BCUT2D eigenvalue weighted by Gasteiger charge is 2.19. The van der Waals surface area contributed by atoms with Crippen molar-refractivity contribution >= 4 is 50.5 Å². The molecule has 0 aliphatic heterocycles. The first-order valence-electron chi connectivity index (χ1n) is 7.37. The number of fused-ring (bicyclic) bond motifs is 1. The number of carbonyl (C=O) groups is 2. The molecule has 0 unspecified atom stereocenters. The Labute approximate surface area is 158 Å². The first kappa shape index (κ1) is 19.1. The van der Waals surface area contributed by atoms with E-state index >= 15 is 0 Å². The molecule has 2 aromatic carbocycles. The molecule has 1 aromatic heterocycles. The molecule has 0 atom stereocenters. The Morgan fingerprint density at radius 1 is 1.04 bits per heavy atom. The molecule has 0 radical (unpaired) electrons. The van der Waals surface area contributed by atoms with Crippen LogP contribution in [0.1, 0.15) is 9.67 Å². The van der Waals surface area contributed by atoms with Crippen molar-refractivity contribution in [1.29, 1.82) is 0 Å². The minimum Gasteiger partial charge on any atom is -0.342 e. The summed E-state index contributed by atoms with van der Waals surface area (Å²) in [5.74, 6) is -6.71. The largest absolute Gasteiger partial charge is 0.342 e. The number of benzene rings is 2. The Bertz CT molecular complexity index is 1070. The zero-order valence-corrected chi connectivity index (χ0v) is 14.8. The summed E-state index contributed by atoms with van der Waals surface area (Å²) in [6.07, 6.45) is 0. The van der Waals surface area contributed by atoms with Crippen LogP contribution in [0.2, 0.25) is 5.02 Å². The van der Waals surface area contributed by atoms with Gasteiger partial charge in [-0.1, -0.05) is 11.6 Å². The molecule has 140 valence electrons. The molecule has 0 aliphatic carbocycles. The Morgan fingerprint density at radius 2 is 1.78 bits per heavy atom. The smallest absolute Gasteiger partial charge is 0.263 e.